The molecule has 1 rings (SSSR count). The minimum Gasteiger partial charge on any atom is -0.480 e. The summed E-state index contributed by atoms with van der Waals surface area (Å²) < 4.78 is 5.10. The van der Waals surface area contributed by atoms with Gasteiger partial charge < -0.3 is 15.6 Å². The van der Waals surface area contributed by atoms with Crippen LogP contribution in [0.1, 0.15) is 43.0 Å². The second-order valence-corrected chi connectivity index (χ2v) is 6.17. The number of nitrogens with two attached hydrogens (primary N) is 1. The molecule has 0 aliphatic rings. The standard InChI is InChI=1S/C13H20N2O4S/c1-7(2)12-15-5-9(20-12)6-19-10(16)4-8(3)11(14)13(17)18/h5,7-8,11H,4,6,14H2,1-3H3,(H,17,18)/t8?,11-/m0/s1. The van der Waals surface area contributed by atoms with Crippen LogP contribution in [0.4, 0.5) is 0 Å². The summed E-state index contributed by atoms with van der Waals surface area (Å²) >= 11 is 1.51. The highest BCUT2D eigenvalue weighted by Crippen LogP contribution is 2.21. The van der Waals surface area contributed by atoms with Gasteiger partial charge in [-0.2, -0.15) is 0 Å². The third-order valence-corrected chi connectivity index (χ3v) is 4.10. The summed E-state index contributed by atoms with van der Waals surface area (Å²) in [5.41, 5.74) is 5.44. The van der Waals surface area contributed by atoms with Gasteiger partial charge in [0.25, 0.3) is 0 Å². The maximum absolute atomic E-state index is 11.6. The molecule has 20 heavy (non-hydrogen) atoms. The number of hydrogen-bond donors (Lipinski definition) is 2. The van der Waals surface area contributed by atoms with Gasteiger partial charge in [0.15, 0.2) is 0 Å². The van der Waals surface area contributed by atoms with E-state index in [9.17, 15) is 9.59 Å². The molecule has 0 radical (unpaired) electrons. The predicted molar refractivity (Wildman–Crippen MR) is 75.4 cm³/mol. The third kappa shape index (κ3) is 4.90. The van der Waals surface area contributed by atoms with E-state index in [2.05, 4.69) is 4.98 Å². The van der Waals surface area contributed by atoms with Crippen LogP contribution >= 0.6 is 11.3 Å². The topological polar surface area (TPSA) is 103 Å². The Kier molecular flexibility index (Phi) is 6.09. The monoisotopic (exact) mass is 300 g/mol. The average molecular weight is 300 g/mol. The lowest BCUT2D eigenvalue weighted by atomic mass is 9.99. The second kappa shape index (κ2) is 7.35. The lowest BCUT2D eigenvalue weighted by Crippen LogP contribution is -2.37. The summed E-state index contributed by atoms with van der Waals surface area (Å²) in [6.45, 7) is 5.87. The number of ether oxygens (including phenoxy) is 1. The van der Waals surface area contributed by atoms with Gasteiger partial charge in [-0.1, -0.05) is 20.8 Å². The normalized spacial score (nSPS) is 14.1. The van der Waals surface area contributed by atoms with E-state index in [0.717, 1.165) is 9.88 Å². The Morgan fingerprint density at radius 3 is 2.60 bits per heavy atom. The Labute approximate surface area is 122 Å². The molecule has 6 nitrogen and oxygen atoms in total. The number of aliphatic carboxylic acids is 1. The number of carboxylic acid groups (broad SMARTS) is 1. The highest BCUT2D eigenvalue weighted by atomic mass is 32.1. The van der Waals surface area contributed by atoms with Gasteiger partial charge in [0.1, 0.15) is 12.6 Å². The van der Waals surface area contributed by atoms with Crippen LogP contribution in [0.25, 0.3) is 0 Å². The van der Waals surface area contributed by atoms with E-state index in [-0.39, 0.29) is 13.0 Å². The van der Waals surface area contributed by atoms with E-state index in [1.165, 1.54) is 11.3 Å². The molecule has 3 N–H and O–H groups in total. The van der Waals surface area contributed by atoms with Gasteiger partial charge in [0, 0.05) is 12.1 Å². The molecule has 0 amide bonds. The number of rotatable bonds is 7. The van der Waals surface area contributed by atoms with Crippen molar-refractivity contribution in [2.45, 2.75) is 45.8 Å². The summed E-state index contributed by atoms with van der Waals surface area (Å²) in [6, 6.07) is -1.06. The van der Waals surface area contributed by atoms with Gasteiger partial charge in [0.05, 0.1) is 16.3 Å². The molecule has 1 aromatic heterocycles. The molecule has 7 heteroatoms. The van der Waals surface area contributed by atoms with Crippen molar-refractivity contribution in [2.24, 2.45) is 11.7 Å². The van der Waals surface area contributed by atoms with Gasteiger partial charge in [-0.3, -0.25) is 9.59 Å². The summed E-state index contributed by atoms with van der Waals surface area (Å²) in [5, 5.41) is 9.74. The number of thiazole rings is 1. The average Bonchev–Trinajstić information content (AvgIpc) is 2.84. The molecule has 112 valence electrons. The largest absolute Gasteiger partial charge is 0.480 e. The van der Waals surface area contributed by atoms with Crippen molar-refractivity contribution in [3.8, 4) is 0 Å². The van der Waals surface area contributed by atoms with Gasteiger partial charge in [-0.25, -0.2) is 4.98 Å². The van der Waals surface area contributed by atoms with E-state index < -0.39 is 23.9 Å². The first-order valence-electron chi connectivity index (χ1n) is 6.39. The quantitative estimate of drug-likeness (QED) is 0.744. The molecular formula is C13H20N2O4S. The lowest BCUT2D eigenvalue weighted by molar-refractivity contribution is -0.147. The maximum atomic E-state index is 11.6. The highest BCUT2D eigenvalue weighted by Gasteiger charge is 2.23. The van der Waals surface area contributed by atoms with Crippen LogP contribution in [0.15, 0.2) is 6.20 Å². The van der Waals surface area contributed by atoms with E-state index >= 15 is 0 Å². The number of carbonyl (C=O) groups excluding carboxylic acids is 1. The summed E-state index contributed by atoms with van der Waals surface area (Å²) in [5.74, 6) is -1.69. The van der Waals surface area contributed by atoms with Crippen molar-refractivity contribution in [2.75, 3.05) is 0 Å². The van der Waals surface area contributed by atoms with Crippen molar-refractivity contribution in [1.82, 2.24) is 4.98 Å². The zero-order chi connectivity index (χ0) is 15.3. The SMILES string of the molecule is CC(C)c1ncc(COC(=O)CC(C)[C@H](N)C(=O)O)s1. The Morgan fingerprint density at radius 1 is 1.45 bits per heavy atom. The number of aromatic nitrogens is 1. The van der Waals surface area contributed by atoms with Crippen molar-refractivity contribution in [1.29, 1.82) is 0 Å². The molecule has 2 atom stereocenters. The maximum Gasteiger partial charge on any atom is 0.320 e. The second-order valence-electron chi connectivity index (χ2n) is 5.03. The Bertz CT molecular complexity index is 473. The highest BCUT2D eigenvalue weighted by molar-refractivity contribution is 7.11. The van der Waals surface area contributed by atoms with Gasteiger partial charge in [-0.05, 0) is 5.92 Å². The molecule has 0 aliphatic heterocycles. The van der Waals surface area contributed by atoms with Crippen LogP contribution in [0, 0.1) is 5.92 Å². The first kappa shape index (κ1) is 16.6. The van der Waals surface area contributed by atoms with E-state index in [1.54, 1.807) is 13.1 Å². The molecule has 0 aliphatic carbocycles. The van der Waals surface area contributed by atoms with Gasteiger partial charge in [-0.15, -0.1) is 11.3 Å². The smallest absolute Gasteiger partial charge is 0.320 e. The van der Waals surface area contributed by atoms with Crippen LogP contribution in [-0.2, 0) is 20.9 Å². The Morgan fingerprint density at radius 2 is 2.10 bits per heavy atom. The molecule has 0 saturated heterocycles. The molecular weight excluding hydrogens is 280 g/mol. The van der Waals surface area contributed by atoms with E-state index in [1.807, 2.05) is 13.8 Å². The summed E-state index contributed by atoms with van der Waals surface area (Å²) in [4.78, 5) is 27.4. The first-order valence-corrected chi connectivity index (χ1v) is 7.21. The Hall–Kier alpha value is -1.47. The third-order valence-electron chi connectivity index (χ3n) is 2.83. The number of carbonyl (C=O) groups is 2. The number of esters is 1. The van der Waals surface area contributed by atoms with Crippen molar-refractivity contribution in [3.63, 3.8) is 0 Å². The first-order chi connectivity index (χ1) is 9.31. The van der Waals surface area contributed by atoms with Crippen molar-refractivity contribution < 1.29 is 19.4 Å². The van der Waals surface area contributed by atoms with Crippen LogP contribution in [0.2, 0.25) is 0 Å². The Balaban J connectivity index is 2.41. The molecule has 1 heterocycles. The number of carboxylic acids is 1. The summed E-state index contributed by atoms with van der Waals surface area (Å²) in [6.07, 6.45) is 1.68. The molecule has 0 bridgehead atoms. The van der Waals surface area contributed by atoms with Crippen LogP contribution < -0.4 is 5.73 Å². The van der Waals surface area contributed by atoms with Crippen molar-refractivity contribution in [3.05, 3.63) is 16.1 Å². The molecule has 1 unspecified atom stereocenters. The zero-order valence-electron chi connectivity index (χ0n) is 11.8. The molecule has 0 aromatic carbocycles. The molecule has 0 spiro atoms. The van der Waals surface area contributed by atoms with Crippen LogP contribution in [-0.4, -0.2) is 28.1 Å². The molecule has 0 saturated carbocycles. The fraction of sp³-hybridized carbons (Fsp3) is 0.615. The number of hydrogen-bond acceptors (Lipinski definition) is 6. The minimum atomic E-state index is -1.12. The van der Waals surface area contributed by atoms with E-state index in [0.29, 0.717) is 5.92 Å². The fourth-order valence-electron chi connectivity index (χ4n) is 1.50. The summed E-state index contributed by atoms with van der Waals surface area (Å²) in [7, 11) is 0. The zero-order valence-corrected chi connectivity index (χ0v) is 12.6. The molecule has 1 aromatic rings. The lowest BCUT2D eigenvalue weighted by Gasteiger charge is -2.14. The fourth-order valence-corrected chi connectivity index (χ4v) is 2.33. The van der Waals surface area contributed by atoms with E-state index in [4.69, 9.17) is 15.6 Å². The predicted octanol–water partition coefficient (Wildman–Crippen LogP) is 1.75. The van der Waals surface area contributed by atoms with Crippen LogP contribution in [0.3, 0.4) is 0 Å². The van der Waals surface area contributed by atoms with Crippen molar-refractivity contribution >= 4 is 23.3 Å². The van der Waals surface area contributed by atoms with Crippen LogP contribution in [0.5, 0.6) is 0 Å². The number of nitrogens with zero attached hydrogens (tertiary/aromatic N) is 1. The minimum absolute atomic E-state index is 0.0106. The molecule has 0 fully saturated rings. The van der Waals surface area contributed by atoms with Gasteiger partial charge in [0.2, 0.25) is 0 Å². The van der Waals surface area contributed by atoms with Gasteiger partial charge >= 0.3 is 11.9 Å².